The van der Waals surface area contributed by atoms with E-state index in [9.17, 15) is 9.11 Å². The number of nitrogens with zero attached hydrogens (tertiary/aromatic N) is 1. The van der Waals surface area contributed by atoms with Crippen molar-refractivity contribution in [2.75, 3.05) is 6.26 Å². The Labute approximate surface area is 87.8 Å². The summed E-state index contributed by atoms with van der Waals surface area (Å²) in [6.45, 7) is 1.94. The van der Waals surface area contributed by atoms with Gasteiger partial charge in [-0.15, -0.1) is 11.3 Å². The Morgan fingerprint density at radius 2 is 2.07 bits per heavy atom. The summed E-state index contributed by atoms with van der Waals surface area (Å²) in [4.78, 5) is 4.88. The zero-order chi connectivity index (χ0) is 10.3. The van der Waals surface area contributed by atoms with Gasteiger partial charge in [-0.05, 0) is 25.1 Å². The Morgan fingerprint density at radius 1 is 1.36 bits per heavy atom. The highest BCUT2D eigenvalue weighted by atomic mass is 32.3. The number of aromatic nitrogens is 1. The van der Waals surface area contributed by atoms with Crippen molar-refractivity contribution in [1.29, 1.82) is 0 Å². The molecule has 5 heteroatoms. The highest BCUT2D eigenvalue weighted by molar-refractivity contribution is 8.23. The van der Waals surface area contributed by atoms with Crippen LogP contribution in [0.15, 0.2) is 23.1 Å². The first-order chi connectivity index (χ1) is 6.47. The smallest absolute Gasteiger partial charge is 0.0907 e. The number of thiazole rings is 1. The van der Waals surface area contributed by atoms with Gasteiger partial charge in [0.2, 0.25) is 0 Å². The molecule has 0 radical (unpaired) electrons. The summed E-state index contributed by atoms with van der Waals surface area (Å²) in [6, 6.07) is 5.35. The summed E-state index contributed by atoms with van der Waals surface area (Å²) >= 11 is 1.56. The van der Waals surface area contributed by atoms with Crippen LogP contribution in [0.25, 0.3) is 10.2 Å². The predicted octanol–water partition coefficient (Wildman–Crippen LogP) is 3.34. The lowest BCUT2D eigenvalue weighted by Gasteiger charge is -2.26. The van der Waals surface area contributed by atoms with Gasteiger partial charge in [-0.3, -0.25) is 9.11 Å². The molecule has 0 aliphatic rings. The summed E-state index contributed by atoms with van der Waals surface area (Å²) in [5.74, 6) is 0. The van der Waals surface area contributed by atoms with Gasteiger partial charge in [0.25, 0.3) is 0 Å². The lowest BCUT2D eigenvalue weighted by molar-refractivity contribution is 0.495. The number of fused-ring (bicyclic) bond motifs is 1. The van der Waals surface area contributed by atoms with Crippen LogP contribution in [0.2, 0.25) is 0 Å². The Bertz CT molecular complexity index is 473. The third kappa shape index (κ3) is 1.76. The van der Waals surface area contributed by atoms with Crippen LogP contribution in [-0.4, -0.2) is 20.3 Å². The highest BCUT2D eigenvalue weighted by Gasteiger charge is 2.10. The fourth-order valence-corrected chi connectivity index (χ4v) is 2.87. The first-order valence-corrected chi connectivity index (χ1v) is 6.84. The molecule has 0 unspecified atom stereocenters. The van der Waals surface area contributed by atoms with Crippen molar-refractivity contribution in [3.63, 3.8) is 0 Å². The number of hydrogen-bond donors (Lipinski definition) is 2. The molecule has 0 saturated heterocycles. The lowest BCUT2D eigenvalue weighted by atomic mass is 10.3. The molecule has 2 N–H and O–H groups in total. The Balaban J connectivity index is 2.62. The highest BCUT2D eigenvalue weighted by Crippen LogP contribution is 2.45. The Hall–Kier alpha value is -0.620. The molecule has 14 heavy (non-hydrogen) atoms. The molecule has 0 saturated carbocycles. The molecule has 0 aliphatic carbocycles. The first-order valence-electron chi connectivity index (χ1n) is 4.07. The van der Waals surface area contributed by atoms with Gasteiger partial charge in [0.1, 0.15) is 0 Å². The maximum atomic E-state index is 9.48. The van der Waals surface area contributed by atoms with E-state index >= 15 is 0 Å². The number of hydrogen-bond acceptors (Lipinski definition) is 4. The molecule has 0 bridgehead atoms. The van der Waals surface area contributed by atoms with E-state index in [1.807, 2.05) is 13.0 Å². The number of rotatable bonds is 1. The SMILES string of the molecule is Cc1nc2ccc(S(C)(O)O)cc2s1. The molecule has 0 aliphatic heterocycles. The molecule has 0 spiro atoms. The zero-order valence-corrected chi connectivity index (χ0v) is 9.52. The molecule has 0 amide bonds. The minimum atomic E-state index is -2.61. The quantitative estimate of drug-likeness (QED) is 0.788. The standard InChI is InChI=1S/C9H11NO2S2/c1-6-10-8-4-3-7(14(2,11)12)5-9(8)13-6/h3-5,11-12H,1-2H3. The molecular weight excluding hydrogens is 218 g/mol. The number of benzene rings is 1. The predicted molar refractivity (Wildman–Crippen MR) is 61.4 cm³/mol. The van der Waals surface area contributed by atoms with Crippen molar-refractivity contribution in [3.8, 4) is 0 Å². The van der Waals surface area contributed by atoms with E-state index in [4.69, 9.17) is 0 Å². The Morgan fingerprint density at radius 3 is 2.71 bits per heavy atom. The lowest BCUT2D eigenvalue weighted by Crippen LogP contribution is -1.93. The van der Waals surface area contributed by atoms with E-state index in [1.54, 1.807) is 23.5 Å². The topological polar surface area (TPSA) is 53.4 Å². The van der Waals surface area contributed by atoms with E-state index in [1.165, 1.54) is 6.26 Å². The van der Waals surface area contributed by atoms with Gasteiger partial charge in [0.05, 0.1) is 20.1 Å². The van der Waals surface area contributed by atoms with Crippen molar-refractivity contribution in [2.45, 2.75) is 11.8 Å². The van der Waals surface area contributed by atoms with E-state index in [0.717, 1.165) is 15.2 Å². The van der Waals surface area contributed by atoms with Gasteiger partial charge >= 0.3 is 0 Å². The summed E-state index contributed by atoms with van der Waals surface area (Å²) < 4.78 is 20.0. The largest absolute Gasteiger partial charge is 0.295 e. The first kappa shape index (κ1) is 9.92. The summed E-state index contributed by atoms with van der Waals surface area (Å²) in [5, 5.41) is 0.990. The monoisotopic (exact) mass is 229 g/mol. The van der Waals surface area contributed by atoms with Gasteiger partial charge in [-0.1, -0.05) is 0 Å². The van der Waals surface area contributed by atoms with Crippen LogP contribution in [0.1, 0.15) is 5.01 Å². The van der Waals surface area contributed by atoms with Crippen LogP contribution in [0, 0.1) is 6.92 Å². The van der Waals surface area contributed by atoms with Gasteiger partial charge < -0.3 is 0 Å². The molecule has 2 aromatic rings. The second-order valence-corrected chi connectivity index (χ2v) is 6.57. The fourth-order valence-electron chi connectivity index (χ4n) is 1.26. The van der Waals surface area contributed by atoms with Crippen molar-refractivity contribution < 1.29 is 9.11 Å². The molecule has 1 aromatic heterocycles. The summed E-state index contributed by atoms with van der Waals surface area (Å²) in [5.41, 5.74) is 0.917. The third-order valence-corrected chi connectivity index (χ3v) is 3.99. The molecule has 76 valence electrons. The van der Waals surface area contributed by atoms with Crippen LogP contribution in [0.3, 0.4) is 0 Å². The van der Waals surface area contributed by atoms with Crippen LogP contribution in [0.5, 0.6) is 0 Å². The molecule has 3 nitrogen and oxygen atoms in total. The van der Waals surface area contributed by atoms with Crippen molar-refractivity contribution in [2.24, 2.45) is 0 Å². The molecule has 0 atom stereocenters. The van der Waals surface area contributed by atoms with Crippen LogP contribution in [-0.2, 0) is 0 Å². The molecule has 2 rings (SSSR count). The second-order valence-electron chi connectivity index (χ2n) is 3.20. The van der Waals surface area contributed by atoms with Gasteiger partial charge in [0.15, 0.2) is 0 Å². The minimum Gasteiger partial charge on any atom is -0.295 e. The van der Waals surface area contributed by atoms with E-state index in [-0.39, 0.29) is 0 Å². The van der Waals surface area contributed by atoms with Gasteiger partial charge in [-0.2, -0.15) is 10.6 Å². The molecule has 1 aromatic carbocycles. The maximum Gasteiger partial charge on any atom is 0.0907 e. The molecular formula is C9H11NO2S2. The van der Waals surface area contributed by atoms with Crippen LogP contribution >= 0.6 is 21.9 Å². The summed E-state index contributed by atoms with van der Waals surface area (Å²) in [6.07, 6.45) is 1.43. The van der Waals surface area contributed by atoms with Crippen molar-refractivity contribution in [3.05, 3.63) is 23.2 Å². The third-order valence-electron chi connectivity index (χ3n) is 1.91. The van der Waals surface area contributed by atoms with E-state index in [0.29, 0.717) is 4.90 Å². The van der Waals surface area contributed by atoms with Gasteiger partial charge in [0, 0.05) is 6.26 Å². The fraction of sp³-hybridized carbons (Fsp3) is 0.222. The molecule has 0 fully saturated rings. The van der Waals surface area contributed by atoms with E-state index in [2.05, 4.69) is 4.98 Å². The molecule has 1 heterocycles. The van der Waals surface area contributed by atoms with Crippen LogP contribution < -0.4 is 0 Å². The van der Waals surface area contributed by atoms with Crippen molar-refractivity contribution in [1.82, 2.24) is 4.98 Å². The van der Waals surface area contributed by atoms with E-state index < -0.39 is 10.6 Å². The normalized spacial score (nSPS) is 13.4. The number of aryl methyl sites for hydroxylation is 1. The van der Waals surface area contributed by atoms with Crippen LogP contribution in [0.4, 0.5) is 0 Å². The average molecular weight is 229 g/mol. The minimum absolute atomic E-state index is 0.577. The maximum absolute atomic E-state index is 9.48. The van der Waals surface area contributed by atoms with Crippen molar-refractivity contribution >= 4 is 32.1 Å². The Kier molecular flexibility index (Phi) is 2.27. The zero-order valence-electron chi connectivity index (χ0n) is 7.89. The van der Waals surface area contributed by atoms with Gasteiger partial charge in [-0.25, -0.2) is 4.98 Å². The summed E-state index contributed by atoms with van der Waals surface area (Å²) in [7, 11) is -2.61. The second kappa shape index (κ2) is 3.20. The average Bonchev–Trinajstić information content (AvgIpc) is 2.41.